The molecular weight excluding hydrogens is 324 g/mol. The Morgan fingerprint density at radius 1 is 0.958 bits per heavy atom. The van der Waals surface area contributed by atoms with Gasteiger partial charge in [-0.3, -0.25) is 4.72 Å². The zero-order valence-corrected chi connectivity index (χ0v) is 15.5. The average molecular weight is 348 g/mol. The second-order valence-electron chi connectivity index (χ2n) is 6.69. The third kappa shape index (κ3) is 4.64. The molecule has 0 saturated carbocycles. The molecule has 0 aromatic heterocycles. The predicted octanol–water partition coefficient (Wildman–Crippen LogP) is 4.01. The smallest absolute Gasteiger partial charge is 0.262 e. The molecule has 0 aliphatic heterocycles. The van der Waals surface area contributed by atoms with Crippen LogP contribution in [0, 0.1) is 6.92 Å². The Bertz CT molecular complexity index is 807. The van der Waals surface area contributed by atoms with Crippen LogP contribution in [0.5, 0.6) is 5.75 Å². The zero-order valence-electron chi connectivity index (χ0n) is 14.7. The normalized spacial score (nSPS) is 11.9. The molecule has 130 valence electrons. The topological polar surface area (TPSA) is 67.4 Å². The van der Waals surface area contributed by atoms with Gasteiger partial charge >= 0.3 is 0 Å². The van der Waals surface area contributed by atoms with Crippen molar-refractivity contribution in [3.05, 3.63) is 48.0 Å². The summed E-state index contributed by atoms with van der Waals surface area (Å²) in [6.45, 7) is 7.94. The lowest BCUT2D eigenvalue weighted by Crippen LogP contribution is -2.25. The molecule has 0 fully saturated rings. The van der Waals surface area contributed by atoms with Crippen LogP contribution >= 0.6 is 0 Å². The van der Waals surface area contributed by atoms with Crippen LogP contribution in [0.15, 0.2) is 47.4 Å². The fourth-order valence-electron chi connectivity index (χ4n) is 2.32. The summed E-state index contributed by atoms with van der Waals surface area (Å²) in [5.74, 6) is 0.629. The predicted molar refractivity (Wildman–Crippen MR) is 98.4 cm³/mol. The summed E-state index contributed by atoms with van der Waals surface area (Å²) in [7, 11) is -2.09. The van der Waals surface area contributed by atoms with Crippen LogP contribution in [-0.2, 0) is 10.0 Å². The summed E-state index contributed by atoms with van der Waals surface area (Å²) in [6.07, 6.45) is 0. The van der Waals surface area contributed by atoms with Crippen molar-refractivity contribution >= 4 is 21.4 Å². The van der Waals surface area contributed by atoms with Gasteiger partial charge in [-0.05, 0) is 75.7 Å². The molecule has 0 aliphatic rings. The molecule has 6 heteroatoms. The number of aryl methyl sites for hydroxylation is 1. The van der Waals surface area contributed by atoms with Crippen LogP contribution in [0.3, 0.4) is 0 Å². The Kier molecular flexibility index (Phi) is 5.08. The molecule has 0 atom stereocenters. The van der Waals surface area contributed by atoms with Crippen LogP contribution in [0.4, 0.5) is 11.4 Å². The Morgan fingerprint density at radius 2 is 1.54 bits per heavy atom. The van der Waals surface area contributed by atoms with E-state index in [4.69, 9.17) is 4.74 Å². The highest BCUT2D eigenvalue weighted by Crippen LogP contribution is 2.24. The summed E-state index contributed by atoms with van der Waals surface area (Å²) in [6, 6.07) is 12.1. The molecule has 2 N–H and O–H groups in total. The highest BCUT2D eigenvalue weighted by molar-refractivity contribution is 7.92. The van der Waals surface area contributed by atoms with Crippen molar-refractivity contribution in [3.63, 3.8) is 0 Å². The van der Waals surface area contributed by atoms with Gasteiger partial charge in [-0.25, -0.2) is 8.42 Å². The number of methoxy groups -OCH3 is 1. The Balaban J connectivity index is 2.20. The zero-order chi connectivity index (χ0) is 18.0. The maximum absolute atomic E-state index is 12.6. The fourth-order valence-corrected chi connectivity index (χ4v) is 3.60. The first-order valence-electron chi connectivity index (χ1n) is 7.66. The van der Waals surface area contributed by atoms with Crippen LogP contribution < -0.4 is 14.8 Å². The molecule has 5 nitrogen and oxygen atoms in total. The second-order valence-corrected chi connectivity index (χ2v) is 8.34. The van der Waals surface area contributed by atoms with E-state index in [9.17, 15) is 8.42 Å². The lowest BCUT2D eigenvalue weighted by Gasteiger charge is -2.22. The van der Waals surface area contributed by atoms with Crippen LogP contribution in [0.2, 0.25) is 0 Å². The third-order valence-electron chi connectivity index (χ3n) is 3.33. The largest absolute Gasteiger partial charge is 0.497 e. The van der Waals surface area contributed by atoms with E-state index in [1.165, 1.54) is 0 Å². The minimum Gasteiger partial charge on any atom is -0.497 e. The number of rotatable bonds is 5. The second kappa shape index (κ2) is 6.73. The van der Waals surface area contributed by atoms with Gasteiger partial charge in [0.15, 0.2) is 0 Å². The molecule has 0 bridgehead atoms. The van der Waals surface area contributed by atoms with E-state index in [1.807, 2.05) is 12.1 Å². The summed E-state index contributed by atoms with van der Waals surface area (Å²) in [5.41, 5.74) is 2.03. The van der Waals surface area contributed by atoms with Crippen molar-refractivity contribution in [2.45, 2.75) is 38.1 Å². The number of hydrogen-bond donors (Lipinski definition) is 2. The van der Waals surface area contributed by atoms with Crippen molar-refractivity contribution in [1.29, 1.82) is 0 Å². The third-order valence-corrected chi connectivity index (χ3v) is 4.87. The maximum atomic E-state index is 12.6. The first-order chi connectivity index (χ1) is 11.1. The van der Waals surface area contributed by atoms with Gasteiger partial charge in [0.25, 0.3) is 10.0 Å². The first kappa shape index (κ1) is 18.1. The van der Waals surface area contributed by atoms with E-state index in [0.717, 1.165) is 5.69 Å². The lowest BCUT2D eigenvalue weighted by molar-refractivity contribution is 0.414. The monoisotopic (exact) mass is 348 g/mol. The molecule has 2 aromatic carbocycles. The standard InChI is InChI=1S/C18H24N2O3S/c1-13-12-16(23-5)10-11-17(13)24(21,22)20-15-8-6-14(7-9-15)19-18(2,3)4/h6-12,19-20H,1-5H3. The van der Waals surface area contributed by atoms with Gasteiger partial charge in [0.05, 0.1) is 12.0 Å². The molecule has 2 aromatic rings. The van der Waals surface area contributed by atoms with E-state index in [1.54, 1.807) is 44.4 Å². The van der Waals surface area contributed by atoms with Crippen molar-refractivity contribution in [1.82, 2.24) is 0 Å². The summed E-state index contributed by atoms with van der Waals surface area (Å²) >= 11 is 0. The number of benzene rings is 2. The quantitative estimate of drug-likeness (QED) is 0.856. The molecule has 0 unspecified atom stereocenters. The molecule has 0 spiro atoms. The number of nitrogens with one attached hydrogen (secondary N) is 2. The van der Waals surface area contributed by atoms with Gasteiger partial charge in [-0.15, -0.1) is 0 Å². The van der Waals surface area contributed by atoms with Crippen molar-refractivity contribution in [3.8, 4) is 5.75 Å². The summed E-state index contributed by atoms with van der Waals surface area (Å²) in [4.78, 5) is 0.236. The van der Waals surface area contributed by atoms with E-state index >= 15 is 0 Å². The fraction of sp³-hybridized carbons (Fsp3) is 0.333. The molecule has 0 saturated heterocycles. The Hall–Kier alpha value is -2.21. The van der Waals surface area contributed by atoms with Gasteiger partial charge in [0, 0.05) is 16.9 Å². The molecule has 24 heavy (non-hydrogen) atoms. The van der Waals surface area contributed by atoms with Gasteiger partial charge < -0.3 is 10.1 Å². The van der Waals surface area contributed by atoms with Crippen molar-refractivity contribution < 1.29 is 13.2 Å². The highest BCUT2D eigenvalue weighted by Gasteiger charge is 2.17. The van der Waals surface area contributed by atoms with Crippen LogP contribution in [0.1, 0.15) is 26.3 Å². The van der Waals surface area contributed by atoms with E-state index in [2.05, 4.69) is 30.8 Å². The van der Waals surface area contributed by atoms with Crippen molar-refractivity contribution in [2.75, 3.05) is 17.1 Å². The lowest BCUT2D eigenvalue weighted by atomic mass is 10.1. The molecule has 0 aliphatic carbocycles. The minimum atomic E-state index is -3.64. The van der Waals surface area contributed by atoms with E-state index in [-0.39, 0.29) is 10.4 Å². The van der Waals surface area contributed by atoms with Crippen LogP contribution in [0.25, 0.3) is 0 Å². The Labute approximate surface area is 144 Å². The van der Waals surface area contributed by atoms with Crippen molar-refractivity contribution in [2.24, 2.45) is 0 Å². The first-order valence-corrected chi connectivity index (χ1v) is 9.15. The Morgan fingerprint density at radius 3 is 2.04 bits per heavy atom. The van der Waals surface area contributed by atoms with E-state index in [0.29, 0.717) is 17.0 Å². The number of ether oxygens (including phenoxy) is 1. The van der Waals surface area contributed by atoms with E-state index < -0.39 is 10.0 Å². The van der Waals surface area contributed by atoms with Gasteiger partial charge in [0.1, 0.15) is 5.75 Å². The molecule has 2 rings (SSSR count). The van der Waals surface area contributed by atoms with Gasteiger partial charge in [-0.2, -0.15) is 0 Å². The van der Waals surface area contributed by atoms with Gasteiger partial charge in [-0.1, -0.05) is 0 Å². The number of sulfonamides is 1. The number of hydrogen-bond acceptors (Lipinski definition) is 4. The molecule has 0 heterocycles. The van der Waals surface area contributed by atoms with Gasteiger partial charge in [0.2, 0.25) is 0 Å². The molecular formula is C18H24N2O3S. The summed E-state index contributed by atoms with van der Waals surface area (Å²) < 4.78 is 32.9. The summed E-state index contributed by atoms with van der Waals surface area (Å²) in [5, 5.41) is 3.33. The average Bonchev–Trinajstić information content (AvgIpc) is 2.47. The van der Waals surface area contributed by atoms with Crippen LogP contribution in [-0.4, -0.2) is 21.1 Å². The molecule has 0 amide bonds. The maximum Gasteiger partial charge on any atom is 0.262 e. The molecule has 0 radical (unpaired) electrons. The minimum absolute atomic E-state index is 0.0543. The number of anilines is 2. The highest BCUT2D eigenvalue weighted by atomic mass is 32.2. The SMILES string of the molecule is COc1ccc(S(=O)(=O)Nc2ccc(NC(C)(C)C)cc2)c(C)c1.